The Kier molecular flexibility index (Phi) is 13.3. The quantitative estimate of drug-likeness (QED) is 0.0725. The maximum atomic E-state index is 15.6. The number of nitrogens with zero attached hydrogens (tertiary/aromatic N) is 8. The summed E-state index contributed by atoms with van der Waals surface area (Å²) in [6.45, 7) is 14.1. The molecular weight excluding hydrogens is 921 g/mol. The molecule has 0 bridgehead atoms. The van der Waals surface area contributed by atoms with Crippen molar-refractivity contribution in [2.45, 2.75) is 38.1 Å². The first-order valence-corrected chi connectivity index (χ1v) is 26.3. The Morgan fingerprint density at radius 2 is 1.61 bits per heavy atom. The van der Waals surface area contributed by atoms with Crippen LogP contribution in [0.4, 0.5) is 38.9 Å². The number of carbonyl (C=O) groups is 4. The number of fused-ring (bicyclic) bond motifs is 2. The largest absolute Gasteiger partial charge is 0.494 e. The summed E-state index contributed by atoms with van der Waals surface area (Å²) >= 11 is 0. The van der Waals surface area contributed by atoms with Crippen LogP contribution < -0.4 is 35.8 Å². The number of rotatable bonds is 14. The third-order valence-electron chi connectivity index (χ3n) is 14.2. The highest BCUT2D eigenvalue weighted by molar-refractivity contribution is 7.65. The number of nitrogens with one attached hydrogen (secondary N) is 3. The lowest BCUT2D eigenvalue weighted by Gasteiger charge is -2.39. The third kappa shape index (κ3) is 9.43. The summed E-state index contributed by atoms with van der Waals surface area (Å²) in [7, 11) is 3.13. The van der Waals surface area contributed by atoms with Crippen molar-refractivity contribution in [2.75, 3.05) is 86.7 Å². The summed E-state index contributed by atoms with van der Waals surface area (Å²) in [5.41, 5.74) is 5.83. The number of hydrogen-bond acceptors (Lipinski definition) is 13. The first kappa shape index (κ1) is 47.4. The predicted molar refractivity (Wildman–Crippen MR) is 278 cm³/mol. The van der Waals surface area contributed by atoms with E-state index >= 15 is 4.39 Å². The van der Waals surface area contributed by atoms with Crippen molar-refractivity contribution in [1.29, 1.82) is 0 Å². The van der Waals surface area contributed by atoms with E-state index in [1.165, 1.54) is 22.1 Å². The van der Waals surface area contributed by atoms with Gasteiger partial charge in [0.2, 0.25) is 17.8 Å². The molecule has 4 amide bonds. The summed E-state index contributed by atoms with van der Waals surface area (Å²) in [5, 5.41) is 17.5. The highest BCUT2D eigenvalue weighted by Crippen LogP contribution is 2.42. The highest BCUT2D eigenvalue weighted by atomic mass is 31.1. The Labute approximate surface area is 413 Å². The zero-order valence-electron chi connectivity index (χ0n) is 40.4. The lowest BCUT2D eigenvalue weighted by atomic mass is 9.92. The van der Waals surface area contributed by atoms with Crippen molar-refractivity contribution >= 4 is 88.2 Å². The zero-order valence-corrected chi connectivity index (χ0v) is 41.3. The minimum absolute atomic E-state index is 0.0176. The molecule has 4 aromatic carbocycles. The van der Waals surface area contributed by atoms with Gasteiger partial charge in [0.05, 0.1) is 35.8 Å². The first-order valence-electron chi connectivity index (χ1n) is 24.1. The smallest absolute Gasteiger partial charge is 0.262 e. The number of anilines is 6. The van der Waals surface area contributed by atoms with Crippen molar-refractivity contribution in [3.05, 3.63) is 108 Å². The fraction of sp³-hybridized carbons (Fsp3) is 0.340. The van der Waals surface area contributed by atoms with Crippen molar-refractivity contribution < 1.29 is 28.3 Å². The van der Waals surface area contributed by atoms with Crippen LogP contribution in [0.3, 0.4) is 0 Å². The molecule has 0 spiro atoms. The molecule has 3 N–H and O–H groups in total. The molecule has 10 rings (SSSR count). The van der Waals surface area contributed by atoms with E-state index in [0.717, 1.165) is 91.0 Å². The van der Waals surface area contributed by atoms with Crippen LogP contribution in [-0.4, -0.2) is 125 Å². The van der Waals surface area contributed by atoms with Gasteiger partial charge in [-0.1, -0.05) is 50.9 Å². The van der Waals surface area contributed by atoms with Crippen LogP contribution in [-0.2, 0) is 16.6 Å². The van der Waals surface area contributed by atoms with E-state index in [9.17, 15) is 19.2 Å². The standard InChI is InChI=1S/C53H57FN11O5P/c1-6-33-29-55-53(60-49(33)57-41-12-11-34-9-7-8-10-36(34)48(41)71(4)5)58-42-26-37(35-30-56-61(2)31-35)44(28-46(42)70-3)64-23-21-62(22-24-64)18-15-32-16-19-63(20-17-32)45-27-39-38(25-40(45)54)51(68)65(52(39)69)43-13-14-47(66)59-50(43)67/h6-12,25-32,43H,1,13-24H2,2-5H3,(H,59,66,67)(H2,55,57,58,60). The van der Waals surface area contributed by atoms with Gasteiger partial charge in [0.25, 0.3) is 11.8 Å². The van der Waals surface area contributed by atoms with Gasteiger partial charge in [-0.3, -0.25) is 39.0 Å². The molecule has 4 aliphatic heterocycles. The Hall–Kier alpha value is -7.23. The van der Waals surface area contributed by atoms with Gasteiger partial charge < -0.3 is 25.2 Å². The summed E-state index contributed by atoms with van der Waals surface area (Å²) in [6, 6.07) is 18.4. The summed E-state index contributed by atoms with van der Waals surface area (Å²) < 4.78 is 23.5. The van der Waals surface area contributed by atoms with E-state index in [1.54, 1.807) is 24.1 Å². The molecule has 366 valence electrons. The van der Waals surface area contributed by atoms with Gasteiger partial charge in [0.15, 0.2) is 0 Å². The number of benzene rings is 4. The average molecular weight is 978 g/mol. The van der Waals surface area contributed by atoms with Gasteiger partial charge in [-0.05, 0) is 86.5 Å². The normalized spacial score (nSPS) is 17.8. The van der Waals surface area contributed by atoms with Crippen molar-refractivity contribution in [2.24, 2.45) is 13.0 Å². The van der Waals surface area contributed by atoms with Crippen LogP contribution >= 0.6 is 7.92 Å². The third-order valence-corrected chi connectivity index (χ3v) is 15.6. The summed E-state index contributed by atoms with van der Waals surface area (Å²) in [5.74, 6) is -0.917. The van der Waals surface area contributed by atoms with Crippen LogP contribution in [0.1, 0.15) is 58.4 Å². The van der Waals surface area contributed by atoms with E-state index < -0.39 is 43.4 Å². The minimum atomic E-state index is -1.10. The predicted octanol–water partition coefficient (Wildman–Crippen LogP) is 7.50. The molecule has 2 aromatic heterocycles. The van der Waals surface area contributed by atoms with Gasteiger partial charge in [0, 0.05) is 105 Å². The van der Waals surface area contributed by atoms with Crippen LogP contribution in [0.2, 0.25) is 0 Å². The number of piperidine rings is 2. The molecule has 18 heteroatoms. The van der Waals surface area contributed by atoms with E-state index in [0.29, 0.717) is 42.2 Å². The van der Waals surface area contributed by atoms with Gasteiger partial charge in [0.1, 0.15) is 23.4 Å². The van der Waals surface area contributed by atoms with Crippen LogP contribution in [0.25, 0.3) is 28.0 Å². The number of ether oxygens (including phenoxy) is 1. The average Bonchev–Trinajstić information content (AvgIpc) is 3.91. The molecule has 1 unspecified atom stereocenters. The number of imide groups is 2. The molecule has 0 radical (unpaired) electrons. The molecule has 6 aromatic rings. The summed E-state index contributed by atoms with van der Waals surface area (Å²) in [6.07, 6.45) is 10.2. The SMILES string of the molecule is C=Cc1cnc(Nc2cc(-c3cnn(C)c3)c(N3CCN(CCC4CCN(c5cc6c(cc5F)C(=O)N(C5CCC(=O)NC5=O)C6=O)CC4)CC3)cc2OC)nc1Nc1ccc2ccccc2c1P(C)C. The topological polar surface area (TPSA) is 170 Å². The van der Waals surface area contributed by atoms with Crippen LogP contribution in [0, 0.1) is 11.7 Å². The number of methoxy groups -OCH3 is 1. The number of aromatic nitrogens is 4. The number of carbonyl (C=O) groups excluding carboxylic acids is 4. The molecule has 16 nitrogen and oxygen atoms in total. The van der Waals surface area contributed by atoms with Gasteiger partial charge in [-0.15, -0.1) is 0 Å². The second-order valence-corrected chi connectivity index (χ2v) is 21.1. The van der Waals surface area contributed by atoms with E-state index in [2.05, 4.69) is 104 Å². The number of aryl methyl sites for hydroxylation is 1. The molecule has 3 fully saturated rings. The van der Waals surface area contributed by atoms with Gasteiger partial charge in [-0.25, -0.2) is 9.37 Å². The lowest BCUT2D eigenvalue weighted by Crippen LogP contribution is -2.54. The van der Waals surface area contributed by atoms with E-state index in [4.69, 9.17) is 9.72 Å². The summed E-state index contributed by atoms with van der Waals surface area (Å²) in [4.78, 5) is 68.3. The Bertz CT molecular complexity index is 3090. The fourth-order valence-electron chi connectivity index (χ4n) is 10.4. The van der Waals surface area contributed by atoms with Crippen molar-refractivity contribution in [1.82, 2.24) is 34.9 Å². The molecule has 0 saturated carbocycles. The molecule has 4 aliphatic rings. The second kappa shape index (κ2) is 19.9. The highest BCUT2D eigenvalue weighted by Gasteiger charge is 2.45. The first-order chi connectivity index (χ1) is 34.4. The Morgan fingerprint density at radius 3 is 2.31 bits per heavy atom. The lowest BCUT2D eigenvalue weighted by molar-refractivity contribution is -0.136. The molecule has 0 aliphatic carbocycles. The number of halogens is 1. The maximum absolute atomic E-state index is 15.6. The second-order valence-electron chi connectivity index (χ2n) is 18.8. The van der Waals surface area contributed by atoms with Crippen LogP contribution in [0.15, 0.2) is 85.8 Å². The number of piperazine rings is 1. The van der Waals surface area contributed by atoms with Crippen molar-refractivity contribution in [3.8, 4) is 16.9 Å². The fourth-order valence-corrected chi connectivity index (χ4v) is 11.7. The Balaban J connectivity index is 0.786. The van der Waals surface area contributed by atoms with Gasteiger partial charge in [-0.2, -0.15) is 10.1 Å². The molecular formula is C53H57FN11O5P. The van der Waals surface area contributed by atoms with Gasteiger partial charge >= 0.3 is 0 Å². The maximum Gasteiger partial charge on any atom is 0.262 e. The minimum Gasteiger partial charge on any atom is -0.494 e. The number of amides is 4. The van der Waals surface area contributed by atoms with E-state index in [-0.39, 0.29) is 29.7 Å². The Morgan fingerprint density at radius 1 is 0.859 bits per heavy atom. The molecule has 1 atom stereocenters. The van der Waals surface area contributed by atoms with Crippen molar-refractivity contribution in [3.63, 3.8) is 0 Å². The zero-order chi connectivity index (χ0) is 49.5. The monoisotopic (exact) mass is 977 g/mol. The number of hydrogen-bond donors (Lipinski definition) is 3. The molecule has 71 heavy (non-hydrogen) atoms. The van der Waals surface area contributed by atoms with Crippen LogP contribution in [0.5, 0.6) is 5.75 Å². The molecule has 6 heterocycles. The van der Waals surface area contributed by atoms with E-state index in [1.807, 2.05) is 24.3 Å². The molecule has 3 saturated heterocycles.